The summed E-state index contributed by atoms with van der Waals surface area (Å²) in [5.41, 5.74) is 1.83. The monoisotopic (exact) mass is 425 g/mol. The molecule has 5 rings (SSSR count). The number of methoxy groups -OCH3 is 1. The van der Waals surface area contributed by atoms with Crippen molar-refractivity contribution < 1.29 is 19.0 Å². The number of imidazole rings is 1. The van der Waals surface area contributed by atoms with Crippen LogP contribution >= 0.6 is 0 Å². The maximum absolute atomic E-state index is 15.0. The molecule has 2 aliphatic heterocycles. The molecule has 1 N–H and O–H groups in total. The van der Waals surface area contributed by atoms with Crippen LogP contribution in [0.4, 0.5) is 4.39 Å². The summed E-state index contributed by atoms with van der Waals surface area (Å²) in [7, 11) is 3.61. The highest BCUT2D eigenvalue weighted by Gasteiger charge is 2.52. The van der Waals surface area contributed by atoms with Gasteiger partial charge >= 0.3 is 0 Å². The first kappa shape index (κ1) is 19.9. The number of phenols is 1. The number of ether oxygens (including phenoxy) is 2. The van der Waals surface area contributed by atoms with Crippen molar-refractivity contribution in [2.75, 3.05) is 14.2 Å². The number of halogens is 1. The van der Waals surface area contributed by atoms with E-state index in [2.05, 4.69) is 20.1 Å². The van der Waals surface area contributed by atoms with Crippen LogP contribution < -0.4 is 4.74 Å². The lowest BCUT2D eigenvalue weighted by Crippen LogP contribution is -2.53. The molecule has 0 aliphatic carbocycles. The predicted octanol–water partition coefficient (Wildman–Crippen LogP) is 2.61. The van der Waals surface area contributed by atoms with Gasteiger partial charge in [0.15, 0.2) is 6.17 Å². The molecule has 2 bridgehead atoms. The molecule has 2 aliphatic rings. The van der Waals surface area contributed by atoms with Gasteiger partial charge in [-0.25, -0.2) is 9.37 Å². The van der Waals surface area contributed by atoms with E-state index in [-0.39, 0.29) is 29.8 Å². The van der Waals surface area contributed by atoms with Gasteiger partial charge in [-0.2, -0.15) is 0 Å². The van der Waals surface area contributed by atoms with E-state index >= 15 is 4.39 Å². The first-order valence-electron chi connectivity index (χ1n) is 10.3. The van der Waals surface area contributed by atoms with Crippen molar-refractivity contribution in [1.29, 1.82) is 0 Å². The largest absolute Gasteiger partial charge is 0.507 e. The maximum atomic E-state index is 15.0. The minimum Gasteiger partial charge on any atom is -0.507 e. The number of aromatic nitrogens is 4. The Balaban J connectivity index is 1.31. The molecular formula is C22H24FN5O3. The third kappa shape index (κ3) is 3.53. The Hall–Kier alpha value is -3.04. The van der Waals surface area contributed by atoms with Crippen molar-refractivity contribution >= 4 is 0 Å². The van der Waals surface area contributed by atoms with Gasteiger partial charge in [0.05, 0.1) is 23.8 Å². The summed E-state index contributed by atoms with van der Waals surface area (Å²) in [5, 5.41) is 18.7. The van der Waals surface area contributed by atoms with Crippen molar-refractivity contribution in [3.63, 3.8) is 0 Å². The van der Waals surface area contributed by atoms with Gasteiger partial charge in [-0.3, -0.25) is 4.90 Å². The molecule has 9 heteroatoms. The maximum Gasteiger partial charge on any atom is 0.233 e. The topological polar surface area (TPSA) is 85.5 Å². The van der Waals surface area contributed by atoms with E-state index in [0.717, 1.165) is 5.69 Å². The minimum absolute atomic E-state index is 0.0172. The van der Waals surface area contributed by atoms with E-state index < -0.39 is 12.3 Å². The SMILES string of the molecule is CO[C@@H]1C[C@H]2[C@@H](F)[C@H](Oc3ccc(-c4ccc(-n5ccnc5)cc4O)nn3)C[C@@H]1N2C. The van der Waals surface area contributed by atoms with Gasteiger partial charge in [-0.05, 0) is 31.7 Å². The minimum atomic E-state index is -1.12. The van der Waals surface area contributed by atoms with Crippen molar-refractivity contribution in [2.45, 2.75) is 43.3 Å². The van der Waals surface area contributed by atoms with Crippen LogP contribution in [0.3, 0.4) is 0 Å². The molecule has 0 spiro atoms. The summed E-state index contributed by atoms with van der Waals surface area (Å²) in [6.45, 7) is 0. The number of alkyl halides is 1. The highest BCUT2D eigenvalue weighted by atomic mass is 19.1. The lowest BCUT2D eigenvalue weighted by Gasteiger charge is -2.38. The number of hydrogen-bond acceptors (Lipinski definition) is 7. The smallest absolute Gasteiger partial charge is 0.233 e. The fraction of sp³-hybridized carbons (Fsp3) is 0.409. The molecule has 31 heavy (non-hydrogen) atoms. The van der Waals surface area contributed by atoms with E-state index in [9.17, 15) is 5.11 Å². The summed E-state index contributed by atoms with van der Waals surface area (Å²) < 4.78 is 28.2. The lowest BCUT2D eigenvalue weighted by atomic mass is 9.98. The Morgan fingerprint density at radius 1 is 1.10 bits per heavy atom. The van der Waals surface area contributed by atoms with Gasteiger partial charge < -0.3 is 19.1 Å². The zero-order valence-electron chi connectivity index (χ0n) is 17.3. The first-order valence-corrected chi connectivity index (χ1v) is 10.3. The lowest BCUT2D eigenvalue weighted by molar-refractivity contribution is -0.0263. The van der Waals surface area contributed by atoms with Crippen LogP contribution in [0.5, 0.6) is 11.6 Å². The Bertz CT molecular complexity index is 1040. The molecule has 3 aromatic rings. The van der Waals surface area contributed by atoms with Crippen LogP contribution in [-0.4, -0.2) is 74.4 Å². The molecule has 1 aromatic carbocycles. The summed E-state index contributed by atoms with van der Waals surface area (Å²) >= 11 is 0. The van der Waals surface area contributed by atoms with Gasteiger partial charge in [0.2, 0.25) is 5.88 Å². The van der Waals surface area contributed by atoms with Gasteiger partial charge in [0, 0.05) is 55.7 Å². The van der Waals surface area contributed by atoms with Gasteiger partial charge in [0.1, 0.15) is 11.9 Å². The molecule has 5 atom stereocenters. The zero-order valence-corrected chi connectivity index (χ0v) is 17.3. The molecular weight excluding hydrogens is 401 g/mol. The normalized spacial score (nSPS) is 28.0. The molecule has 8 nitrogen and oxygen atoms in total. The number of piperidine rings is 1. The number of phenolic OH excluding ortho intramolecular Hbond substituents is 1. The van der Waals surface area contributed by atoms with Crippen LogP contribution in [-0.2, 0) is 4.74 Å². The van der Waals surface area contributed by atoms with Crippen molar-refractivity contribution in [3.05, 3.63) is 49.1 Å². The Morgan fingerprint density at radius 3 is 2.61 bits per heavy atom. The van der Waals surface area contributed by atoms with Gasteiger partial charge in [0.25, 0.3) is 0 Å². The standard InChI is InChI=1S/C22H24FN5O3/c1-27-16-10-20(22(23)17(27)11-19(16)30-2)31-21-6-5-15(25-26-21)14-4-3-13(9-18(14)29)28-8-7-24-12-28/h3-9,12,16-17,19-20,22,29H,10-11H2,1-2H3/t16-,17-,19+,20+,22+/m0/s1. The van der Waals surface area contributed by atoms with Crippen molar-refractivity contribution in [1.82, 2.24) is 24.6 Å². The Labute approximate surface area is 179 Å². The second-order valence-corrected chi connectivity index (χ2v) is 8.07. The van der Waals surface area contributed by atoms with Gasteiger partial charge in [-0.15, -0.1) is 10.2 Å². The fourth-order valence-corrected chi connectivity index (χ4v) is 4.72. The van der Waals surface area contributed by atoms with Gasteiger partial charge in [-0.1, -0.05) is 0 Å². The van der Waals surface area contributed by atoms with Crippen molar-refractivity contribution in [3.8, 4) is 28.6 Å². The second kappa shape index (κ2) is 7.90. The van der Waals surface area contributed by atoms with E-state index in [1.165, 1.54) is 0 Å². The van der Waals surface area contributed by atoms with Crippen LogP contribution in [0.1, 0.15) is 12.8 Å². The van der Waals surface area contributed by atoms with Crippen LogP contribution in [0.2, 0.25) is 0 Å². The number of benzene rings is 1. The first-order chi connectivity index (χ1) is 15.0. The Morgan fingerprint density at radius 2 is 1.94 bits per heavy atom. The molecule has 0 amide bonds. The number of aromatic hydroxyl groups is 1. The fourth-order valence-electron chi connectivity index (χ4n) is 4.72. The highest BCUT2D eigenvalue weighted by molar-refractivity contribution is 5.68. The molecule has 2 saturated heterocycles. The molecule has 4 heterocycles. The summed E-state index contributed by atoms with van der Waals surface area (Å²) in [6.07, 6.45) is 4.62. The van der Waals surface area contributed by atoms with Crippen LogP contribution in [0.25, 0.3) is 16.9 Å². The van der Waals surface area contributed by atoms with E-state index in [0.29, 0.717) is 24.1 Å². The average Bonchev–Trinajstić information content (AvgIpc) is 3.39. The predicted molar refractivity (Wildman–Crippen MR) is 111 cm³/mol. The molecule has 0 unspecified atom stereocenters. The summed E-state index contributed by atoms with van der Waals surface area (Å²) in [4.78, 5) is 6.07. The third-order valence-electron chi connectivity index (χ3n) is 6.42. The molecule has 0 saturated carbocycles. The van der Waals surface area contributed by atoms with E-state index in [1.54, 1.807) is 54.7 Å². The molecule has 0 radical (unpaired) electrons. The molecule has 2 fully saturated rings. The Kier molecular flexibility index (Phi) is 5.07. The quantitative estimate of drug-likeness (QED) is 0.673. The average molecular weight is 425 g/mol. The number of fused-ring (bicyclic) bond motifs is 2. The second-order valence-electron chi connectivity index (χ2n) is 8.07. The summed E-state index contributed by atoms with van der Waals surface area (Å²) in [5.74, 6) is 0.347. The number of likely N-dealkylation sites (N-methyl/N-ethyl adjacent to an activating group) is 1. The summed E-state index contributed by atoms with van der Waals surface area (Å²) in [6, 6.07) is 8.55. The van der Waals surface area contributed by atoms with Crippen LogP contribution in [0.15, 0.2) is 49.1 Å². The van der Waals surface area contributed by atoms with Crippen LogP contribution in [0, 0.1) is 0 Å². The number of rotatable bonds is 5. The zero-order chi connectivity index (χ0) is 21.5. The van der Waals surface area contributed by atoms with E-state index in [4.69, 9.17) is 9.47 Å². The molecule has 2 aromatic heterocycles. The highest BCUT2D eigenvalue weighted by Crippen LogP contribution is 2.39. The number of nitrogens with zero attached hydrogens (tertiary/aromatic N) is 5. The van der Waals surface area contributed by atoms with Crippen molar-refractivity contribution in [2.24, 2.45) is 0 Å². The number of hydrogen-bond donors (Lipinski definition) is 1. The van der Waals surface area contributed by atoms with E-state index in [1.807, 2.05) is 13.1 Å². The third-order valence-corrected chi connectivity index (χ3v) is 6.42. The molecule has 162 valence electrons.